The predicted octanol–water partition coefficient (Wildman–Crippen LogP) is 2.47. The van der Waals surface area contributed by atoms with Crippen molar-refractivity contribution in [1.82, 2.24) is 15.0 Å². The van der Waals surface area contributed by atoms with E-state index in [1.807, 2.05) is 45.2 Å². The van der Waals surface area contributed by atoms with Crippen LogP contribution in [0, 0.1) is 0 Å². The Bertz CT molecular complexity index is 917. The lowest BCUT2D eigenvalue weighted by Crippen LogP contribution is -2.15. The van der Waals surface area contributed by atoms with Gasteiger partial charge in [0.2, 0.25) is 0 Å². The van der Waals surface area contributed by atoms with Crippen LogP contribution in [-0.4, -0.2) is 27.0 Å². The summed E-state index contributed by atoms with van der Waals surface area (Å²) in [7, 11) is 1.86. The highest BCUT2D eigenvalue weighted by atomic mass is 16.5. The summed E-state index contributed by atoms with van der Waals surface area (Å²) in [5.74, 6) is -0.0211. The monoisotopic (exact) mass is 339 g/mol. The van der Waals surface area contributed by atoms with E-state index in [1.165, 1.54) is 0 Å². The van der Waals surface area contributed by atoms with E-state index in [-0.39, 0.29) is 6.10 Å². The number of nitrogens with two attached hydrogens (primary N) is 1. The maximum atomic E-state index is 11.5. The Morgan fingerprint density at radius 3 is 2.80 bits per heavy atom. The van der Waals surface area contributed by atoms with Crippen molar-refractivity contribution in [1.29, 1.82) is 0 Å². The smallest absolute Gasteiger partial charge is 0.252 e. The number of carbonyl (C=O) groups is 1. The number of amides is 1. The van der Waals surface area contributed by atoms with E-state index in [2.05, 4.69) is 15.6 Å². The number of aromatic nitrogens is 3. The van der Waals surface area contributed by atoms with Crippen LogP contribution in [0.5, 0.6) is 5.75 Å². The zero-order valence-electron chi connectivity index (χ0n) is 14.5. The number of aryl methyl sites for hydroxylation is 1. The predicted molar refractivity (Wildman–Crippen MR) is 96.6 cm³/mol. The minimum absolute atomic E-state index is 0.0487. The third-order valence-corrected chi connectivity index (χ3v) is 3.78. The summed E-state index contributed by atoms with van der Waals surface area (Å²) in [5, 5.41) is 11.5. The van der Waals surface area contributed by atoms with Gasteiger partial charge in [0.1, 0.15) is 11.3 Å². The highest BCUT2D eigenvalue weighted by molar-refractivity contribution is 5.96. The molecule has 0 aliphatic heterocycles. The second-order valence-corrected chi connectivity index (χ2v) is 6.13. The molecule has 2 aromatic carbocycles. The number of hydrogen-bond acceptors (Lipinski definition) is 5. The van der Waals surface area contributed by atoms with E-state index in [0.717, 1.165) is 22.3 Å². The largest absolute Gasteiger partial charge is 0.490 e. The summed E-state index contributed by atoms with van der Waals surface area (Å²) in [6.07, 6.45) is -0.0487. The number of anilines is 1. The molecule has 1 amide bonds. The number of nitrogens with one attached hydrogen (secondary N) is 1. The number of primary amides is 1. The lowest BCUT2D eigenvalue weighted by atomic mass is 10.1. The van der Waals surface area contributed by atoms with Crippen molar-refractivity contribution in [2.24, 2.45) is 12.8 Å². The molecule has 3 N–H and O–H groups in total. The van der Waals surface area contributed by atoms with Crippen LogP contribution in [0.4, 0.5) is 5.69 Å². The van der Waals surface area contributed by atoms with Gasteiger partial charge in [-0.3, -0.25) is 4.79 Å². The van der Waals surface area contributed by atoms with E-state index in [4.69, 9.17) is 10.5 Å². The molecule has 1 aromatic heterocycles. The van der Waals surface area contributed by atoms with Gasteiger partial charge < -0.3 is 15.8 Å². The molecule has 0 unspecified atom stereocenters. The Hall–Kier alpha value is -3.09. The maximum Gasteiger partial charge on any atom is 0.252 e. The van der Waals surface area contributed by atoms with Gasteiger partial charge in [-0.2, -0.15) is 0 Å². The molecule has 7 nitrogen and oxygen atoms in total. The number of benzene rings is 2. The molecule has 0 aliphatic rings. The van der Waals surface area contributed by atoms with Gasteiger partial charge in [-0.05, 0) is 43.7 Å². The van der Waals surface area contributed by atoms with E-state index in [0.29, 0.717) is 17.9 Å². The van der Waals surface area contributed by atoms with Crippen molar-refractivity contribution in [2.75, 3.05) is 5.32 Å². The quantitative estimate of drug-likeness (QED) is 0.719. The Balaban J connectivity index is 1.78. The Morgan fingerprint density at radius 2 is 2.08 bits per heavy atom. The minimum atomic E-state index is -0.504. The van der Waals surface area contributed by atoms with Gasteiger partial charge in [0.25, 0.3) is 5.91 Å². The van der Waals surface area contributed by atoms with Crippen LogP contribution in [0.1, 0.15) is 29.8 Å². The fraction of sp³-hybridized carbons (Fsp3) is 0.278. The van der Waals surface area contributed by atoms with E-state index in [9.17, 15) is 4.79 Å². The lowest BCUT2D eigenvalue weighted by Gasteiger charge is -2.15. The van der Waals surface area contributed by atoms with Gasteiger partial charge in [-0.15, -0.1) is 5.10 Å². The molecule has 3 aromatic rings. The van der Waals surface area contributed by atoms with E-state index >= 15 is 0 Å². The zero-order valence-corrected chi connectivity index (χ0v) is 14.5. The standard InChI is InChI=1S/C18H21N5O2/c1-11(2)25-17-9-13(5-6-14(17)18(19)24)20-10-12-4-7-16-15(8-12)21-22-23(16)3/h4-9,11,20H,10H2,1-3H3,(H2,19,24). The van der Waals surface area contributed by atoms with Crippen LogP contribution in [0.25, 0.3) is 11.0 Å². The average Bonchev–Trinajstić information content (AvgIpc) is 2.93. The van der Waals surface area contributed by atoms with Gasteiger partial charge in [-0.1, -0.05) is 11.3 Å². The molecule has 0 saturated carbocycles. The van der Waals surface area contributed by atoms with Gasteiger partial charge >= 0.3 is 0 Å². The number of ether oxygens (including phenoxy) is 1. The van der Waals surface area contributed by atoms with Crippen molar-refractivity contribution in [3.63, 3.8) is 0 Å². The van der Waals surface area contributed by atoms with Crippen molar-refractivity contribution in [3.8, 4) is 5.75 Å². The van der Waals surface area contributed by atoms with Crippen molar-refractivity contribution >= 4 is 22.6 Å². The molecular weight excluding hydrogens is 318 g/mol. The Kier molecular flexibility index (Phi) is 4.56. The van der Waals surface area contributed by atoms with Gasteiger partial charge in [0, 0.05) is 25.3 Å². The summed E-state index contributed by atoms with van der Waals surface area (Å²) in [6, 6.07) is 11.3. The van der Waals surface area contributed by atoms with Crippen LogP contribution in [0.15, 0.2) is 36.4 Å². The highest BCUT2D eigenvalue weighted by Crippen LogP contribution is 2.25. The van der Waals surface area contributed by atoms with Crippen LogP contribution < -0.4 is 15.8 Å². The SMILES string of the molecule is CC(C)Oc1cc(NCc2ccc3c(c2)nnn3C)ccc1C(N)=O. The first kappa shape index (κ1) is 16.8. The minimum Gasteiger partial charge on any atom is -0.490 e. The normalized spacial score (nSPS) is 11.0. The number of fused-ring (bicyclic) bond motifs is 1. The number of hydrogen-bond donors (Lipinski definition) is 2. The molecule has 0 spiro atoms. The van der Waals surface area contributed by atoms with Crippen molar-refractivity contribution in [2.45, 2.75) is 26.5 Å². The Labute approximate surface area is 145 Å². The highest BCUT2D eigenvalue weighted by Gasteiger charge is 2.12. The van der Waals surface area contributed by atoms with E-state index < -0.39 is 5.91 Å². The fourth-order valence-electron chi connectivity index (χ4n) is 2.59. The first-order chi connectivity index (χ1) is 11.9. The molecule has 0 bridgehead atoms. The molecule has 0 atom stereocenters. The molecule has 3 rings (SSSR count). The maximum absolute atomic E-state index is 11.5. The molecule has 25 heavy (non-hydrogen) atoms. The molecule has 0 fully saturated rings. The first-order valence-corrected chi connectivity index (χ1v) is 8.06. The van der Waals surface area contributed by atoms with Gasteiger partial charge in [0.05, 0.1) is 17.2 Å². The summed E-state index contributed by atoms with van der Waals surface area (Å²) in [5.41, 5.74) is 9.55. The lowest BCUT2D eigenvalue weighted by molar-refractivity contribution is 0.0994. The van der Waals surface area contributed by atoms with Crippen LogP contribution in [0.3, 0.4) is 0 Å². The first-order valence-electron chi connectivity index (χ1n) is 8.06. The zero-order chi connectivity index (χ0) is 18.0. The van der Waals surface area contributed by atoms with Crippen LogP contribution in [-0.2, 0) is 13.6 Å². The summed E-state index contributed by atoms with van der Waals surface area (Å²) >= 11 is 0. The molecule has 0 aliphatic carbocycles. The van der Waals surface area contributed by atoms with E-state index in [1.54, 1.807) is 16.8 Å². The fourth-order valence-corrected chi connectivity index (χ4v) is 2.59. The number of nitrogens with zero attached hydrogens (tertiary/aromatic N) is 3. The molecule has 7 heteroatoms. The number of carbonyl (C=O) groups excluding carboxylic acids is 1. The summed E-state index contributed by atoms with van der Waals surface area (Å²) in [6.45, 7) is 4.42. The molecule has 130 valence electrons. The van der Waals surface area contributed by atoms with Gasteiger partial charge in [-0.25, -0.2) is 4.68 Å². The molecule has 0 saturated heterocycles. The molecule has 0 radical (unpaired) electrons. The third-order valence-electron chi connectivity index (χ3n) is 3.78. The number of rotatable bonds is 6. The van der Waals surface area contributed by atoms with Crippen LogP contribution in [0.2, 0.25) is 0 Å². The van der Waals surface area contributed by atoms with Crippen molar-refractivity contribution in [3.05, 3.63) is 47.5 Å². The Morgan fingerprint density at radius 1 is 1.28 bits per heavy atom. The van der Waals surface area contributed by atoms with Crippen LogP contribution >= 0.6 is 0 Å². The van der Waals surface area contributed by atoms with Gasteiger partial charge in [0.15, 0.2) is 0 Å². The second-order valence-electron chi connectivity index (χ2n) is 6.13. The summed E-state index contributed by atoms with van der Waals surface area (Å²) < 4.78 is 7.44. The third kappa shape index (κ3) is 3.71. The topological polar surface area (TPSA) is 95.1 Å². The average molecular weight is 339 g/mol. The molecular formula is C18H21N5O2. The van der Waals surface area contributed by atoms with Crippen molar-refractivity contribution < 1.29 is 9.53 Å². The molecule has 1 heterocycles. The summed E-state index contributed by atoms with van der Waals surface area (Å²) in [4.78, 5) is 11.5. The second kappa shape index (κ2) is 6.80.